The fourth-order valence-electron chi connectivity index (χ4n) is 1.62. The molecule has 0 aliphatic carbocycles. The van der Waals surface area contributed by atoms with Crippen LogP contribution in [0.2, 0.25) is 0 Å². The van der Waals surface area contributed by atoms with Gasteiger partial charge in [0.05, 0.1) is 19.3 Å². The van der Waals surface area contributed by atoms with E-state index in [1.165, 1.54) is 6.42 Å². The van der Waals surface area contributed by atoms with Crippen molar-refractivity contribution in [3.8, 4) is 0 Å². The van der Waals surface area contributed by atoms with Gasteiger partial charge in [-0.3, -0.25) is 0 Å². The number of hydrogen-bond acceptors (Lipinski definition) is 3. The number of halogens is 1. The zero-order chi connectivity index (χ0) is 7.68. The third kappa shape index (κ3) is 1.68. The molecule has 2 atom stereocenters. The zero-order valence-electron chi connectivity index (χ0n) is 6.33. The maximum atomic E-state index is 5.59. The van der Waals surface area contributed by atoms with E-state index >= 15 is 0 Å². The van der Waals surface area contributed by atoms with E-state index in [4.69, 9.17) is 9.47 Å². The molecule has 2 fully saturated rings. The van der Waals surface area contributed by atoms with E-state index < -0.39 is 0 Å². The van der Waals surface area contributed by atoms with Crippen molar-refractivity contribution in [2.24, 2.45) is 0 Å². The average molecular weight is 269 g/mol. The van der Waals surface area contributed by atoms with Crippen molar-refractivity contribution in [1.29, 1.82) is 0 Å². The number of ether oxygens (including phenoxy) is 2. The van der Waals surface area contributed by atoms with Gasteiger partial charge >= 0.3 is 0 Å². The van der Waals surface area contributed by atoms with E-state index in [1.54, 1.807) is 0 Å². The van der Waals surface area contributed by atoms with Crippen LogP contribution < -0.4 is 0 Å². The van der Waals surface area contributed by atoms with Gasteiger partial charge in [-0.2, -0.15) is 0 Å². The second kappa shape index (κ2) is 3.55. The normalized spacial score (nSPS) is 40.1. The lowest BCUT2D eigenvalue weighted by atomic mass is 10.1. The van der Waals surface area contributed by atoms with E-state index in [0.717, 1.165) is 26.2 Å². The Bertz CT molecular complexity index is 142. The number of hydrogen-bond donors (Lipinski definition) is 0. The van der Waals surface area contributed by atoms with Crippen molar-refractivity contribution >= 4 is 22.9 Å². The molecule has 0 radical (unpaired) electrons. The van der Waals surface area contributed by atoms with Crippen LogP contribution in [0.4, 0.5) is 0 Å². The summed E-state index contributed by atoms with van der Waals surface area (Å²) in [6.07, 6.45) is 2.94. The summed E-state index contributed by atoms with van der Waals surface area (Å²) < 4.78 is 13.4. The summed E-state index contributed by atoms with van der Waals surface area (Å²) in [5.74, 6) is 0. The summed E-state index contributed by atoms with van der Waals surface area (Å²) in [4.78, 5) is 0. The summed E-state index contributed by atoms with van der Waals surface area (Å²) in [7, 11) is 0. The van der Waals surface area contributed by atoms with Crippen molar-refractivity contribution in [1.82, 2.24) is 3.11 Å². The monoisotopic (exact) mass is 269 g/mol. The Morgan fingerprint density at radius 2 is 2.09 bits per heavy atom. The molecule has 11 heavy (non-hydrogen) atoms. The molecule has 0 spiro atoms. The van der Waals surface area contributed by atoms with Gasteiger partial charge in [-0.25, -0.2) is 3.11 Å². The van der Waals surface area contributed by atoms with Crippen LogP contribution in [0.5, 0.6) is 0 Å². The van der Waals surface area contributed by atoms with Gasteiger partial charge in [0, 0.05) is 29.4 Å². The molecule has 0 saturated carbocycles. The van der Waals surface area contributed by atoms with Gasteiger partial charge in [-0.15, -0.1) is 0 Å². The summed E-state index contributed by atoms with van der Waals surface area (Å²) in [5.41, 5.74) is 0. The molecule has 2 heterocycles. The fraction of sp³-hybridized carbons (Fsp3) is 1.00. The van der Waals surface area contributed by atoms with Crippen molar-refractivity contribution in [3.05, 3.63) is 0 Å². The Hall–Kier alpha value is 0.610. The van der Waals surface area contributed by atoms with Gasteiger partial charge in [0.2, 0.25) is 0 Å². The second-order valence-corrected chi connectivity index (χ2v) is 4.18. The van der Waals surface area contributed by atoms with Crippen LogP contribution >= 0.6 is 22.9 Å². The highest BCUT2D eigenvalue weighted by Crippen LogP contribution is 2.26. The molecule has 64 valence electrons. The Balaban J connectivity index is 1.99. The number of nitrogens with zero attached hydrogens (tertiary/aromatic N) is 1. The first-order valence-electron chi connectivity index (χ1n) is 4.03. The number of fused-ring (bicyclic) bond motifs is 1. The van der Waals surface area contributed by atoms with Gasteiger partial charge in [0.15, 0.2) is 0 Å². The van der Waals surface area contributed by atoms with Crippen LogP contribution in [-0.2, 0) is 9.47 Å². The van der Waals surface area contributed by atoms with Gasteiger partial charge < -0.3 is 9.47 Å². The Kier molecular flexibility index (Phi) is 2.65. The molecule has 4 heteroatoms. The Morgan fingerprint density at radius 1 is 1.27 bits per heavy atom. The smallest absolute Gasteiger partial charge is 0.145 e. The van der Waals surface area contributed by atoms with E-state index in [1.807, 2.05) is 0 Å². The van der Waals surface area contributed by atoms with E-state index in [9.17, 15) is 0 Å². The Labute approximate surface area is 80.5 Å². The molecule has 2 aliphatic heterocycles. The van der Waals surface area contributed by atoms with E-state index in [2.05, 4.69) is 26.0 Å². The van der Waals surface area contributed by atoms with Crippen molar-refractivity contribution in [2.45, 2.75) is 25.2 Å². The molecule has 0 amide bonds. The van der Waals surface area contributed by atoms with Crippen molar-refractivity contribution in [2.75, 3.05) is 19.8 Å². The second-order valence-electron chi connectivity index (χ2n) is 2.94. The van der Waals surface area contributed by atoms with Gasteiger partial charge in [0.25, 0.3) is 0 Å². The zero-order valence-corrected chi connectivity index (χ0v) is 8.49. The highest BCUT2D eigenvalue weighted by molar-refractivity contribution is 14.1. The minimum Gasteiger partial charge on any atom is -0.372 e. The summed E-state index contributed by atoms with van der Waals surface area (Å²) in [6.45, 7) is 2.65. The lowest BCUT2D eigenvalue weighted by Gasteiger charge is -2.39. The summed E-state index contributed by atoms with van der Waals surface area (Å²) in [6, 6.07) is 0. The van der Waals surface area contributed by atoms with Crippen LogP contribution in [0.3, 0.4) is 0 Å². The standard InChI is InChI=1S/C7H12INO2/c8-9-3-1-2-6-7(9)11-5-4-10-6/h6-7H,1-5H2. The molecule has 2 saturated heterocycles. The molecular weight excluding hydrogens is 257 g/mol. The van der Waals surface area contributed by atoms with E-state index in [0.29, 0.717) is 6.10 Å². The molecule has 2 aliphatic rings. The van der Waals surface area contributed by atoms with E-state index in [-0.39, 0.29) is 6.23 Å². The SMILES string of the molecule is IN1CCCC2OCCOC21. The highest BCUT2D eigenvalue weighted by Gasteiger charge is 2.33. The van der Waals surface area contributed by atoms with Crippen LogP contribution in [0.25, 0.3) is 0 Å². The maximum absolute atomic E-state index is 5.59. The molecule has 0 N–H and O–H groups in total. The molecule has 0 bridgehead atoms. The fourth-order valence-corrected chi connectivity index (χ4v) is 2.48. The molecular formula is C7H12INO2. The predicted molar refractivity (Wildman–Crippen MR) is 49.4 cm³/mol. The lowest BCUT2D eigenvalue weighted by Crippen LogP contribution is -2.49. The third-order valence-electron chi connectivity index (χ3n) is 2.16. The van der Waals surface area contributed by atoms with Crippen molar-refractivity contribution < 1.29 is 9.47 Å². The van der Waals surface area contributed by atoms with Gasteiger partial charge in [0.1, 0.15) is 6.23 Å². The topological polar surface area (TPSA) is 21.7 Å². The number of rotatable bonds is 0. The summed E-state index contributed by atoms with van der Waals surface area (Å²) >= 11 is 2.32. The van der Waals surface area contributed by atoms with Crippen LogP contribution in [0.1, 0.15) is 12.8 Å². The molecule has 2 rings (SSSR count). The molecule has 3 nitrogen and oxygen atoms in total. The molecule has 2 unspecified atom stereocenters. The highest BCUT2D eigenvalue weighted by atomic mass is 127. The lowest BCUT2D eigenvalue weighted by molar-refractivity contribution is -0.184. The van der Waals surface area contributed by atoms with Gasteiger partial charge in [-0.1, -0.05) is 0 Å². The number of piperidine rings is 1. The predicted octanol–water partition coefficient (Wildman–Crippen LogP) is 1.17. The quantitative estimate of drug-likeness (QED) is 0.487. The maximum Gasteiger partial charge on any atom is 0.145 e. The van der Waals surface area contributed by atoms with Crippen LogP contribution in [0, 0.1) is 0 Å². The molecule has 0 aromatic carbocycles. The van der Waals surface area contributed by atoms with Crippen molar-refractivity contribution in [3.63, 3.8) is 0 Å². The molecule has 0 aromatic heterocycles. The minimum absolute atomic E-state index is 0.220. The van der Waals surface area contributed by atoms with Crippen LogP contribution in [-0.4, -0.2) is 35.2 Å². The first kappa shape index (κ1) is 8.22. The first-order chi connectivity index (χ1) is 5.38. The summed E-state index contributed by atoms with van der Waals surface area (Å²) in [5, 5.41) is 0. The third-order valence-corrected chi connectivity index (χ3v) is 3.19. The first-order valence-corrected chi connectivity index (χ1v) is 5.00. The minimum atomic E-state index is 0.220. The van der Waals surface area contributed by atoms with Crippen LogP contribution in [0.15, 0.2) is 0 Å². The Morgan fingerprint density at radius 3 is 2.91 bits per heavy atom. The van der Waals surface area contributed by atoms with Gasteiger partial charge in [-0.05, 0) is 12.8 Å². The average Bonchev–Trinajstić information content (AvgIpc) is 2.06. The molecule has 0 aromatic rings. The largest absolute Gasteiger partial charge is 0.372 e.